The molecule has 3 N–H and O–H groups in total. The van der Waals surface area contributed by atoms with Crippen molar-refractivity contribution in [2.24, 2.45) is 0 Å². The molecule has 0 aliphatic carbocycles. The third-order valence-corrected chi connectivity index (χ3v) is 6.84. The van der Waals surface area contributed by atoms with Gasteiger partial charge in [0.1, 0.15) is 28.7 Å². The number of phenols is 2. The minimum absolute atomic E-state index is 0.0716. The number of rotatable bonds is 8. The van der Waals surface area contributed by atoms with E-state index in [1.807, 2.05) is 0 Å². The van der Waals surface area contributed by atoms with E-state index in [1.54, 1.807) is 0 Å². The number of phenolic OH excluding ortho intramolecular Hbond substituents is 2. The minimum Gasteiger partial charge on any atom is -0.507 e. The number of nitrogens with zero attached hydrogens (tertiary/aromatic N) is 3. The summed E-state index contributed by atoms with van der Waals surface area (Å²) in [7, 11) is 0. The standard InChI is InChI=1S/C31H20F5N3O6/c32-17-10-16(11-18(33)12-17)14-38(15-26(42)27-24(40)6-3-7-25(27)41)29(43)22-13-37-39(28(22)31(34,35)36)23-9-8-21(30(44)45)19-4-1-2-5-20(19)23/h1-13,40-41H,14-15H2,(H,44,45). The first kappa shape index (κ1) is 30.7. The molecule has 9 nitrogen and oxygen atoms in total. The lowest BCUT2D eigenvalue weighted by Gasteiger charge is -2.23. The fourth-order valence-electron chi connectivity index (χ4n) is 4.97. The molecule has 0 fully saturated rings. The molecule has 0 atom stereocenters. The monoisotopic (exact) mass is 625 g/mol. The Kier molecular flexibility index (Phi) is 7.98. The molecular formula is C31H20F5N3O6. The molecular weight excluding hydrogens is 605 g/mol. The first-order valence-corrected chi connectivity index (χ1v) is 12.9. The number of aromatic nitrogens is 2. The zero-order valence-corrected chi connectivity index (χ0v) is 22.7. The van der Waals surface area contributed by atoms with Gasteiger partial charge in [-0.25, -0.2) is 18.3 Å². The molecule has 5 rings (SSSR count). The Morgan fingerprint density at radius 3 is 2.04 bits per heavy atom. The number of alkyl halides is 3. The third-order valence-electron chi connectivity index (χ3n) is 6.84. The lowest BCUT2D eigenvalue weighted by molar-refractivity contribution is -0.143. The molecule has 0 bridgehead atoms. The highest BCUT2D eigenvalue weighted by atomic mass is 19.4. The van der Waals surface area contributed by atoms with Gasteiger partial charge in [0, 0.05) is 18.0 Å². The number of Topliss-reactive ketones (excluding diaryl/α,β-unsaturated/α-hetero) is 1. The molecule has 1 aromatic heterocycles. The summed E-state index contributed by atoms with van der Waals surface area (Å²) < 4.78 is 72.4. The summed E-state index contributed by atoms with van der Waals surface area (Å²) in [6.07, 6.45) is -4.63. The van der Waals surface area contributed by atoms with E-state index in [9.17, 15) is 51.7 Å². The Morgan fingerprint density at radius 1 is 0.822 bits per heavy atom. The molecule has 0 saturated heterocycles. The zero-order valence-electron chi connectivity index (χ0n) is 22.7. The van der Waals surface area contributed by atoms with Crippen LogP contribution in [0.4, 0.5) is 22.0 Å². The van der Waals surface area contributed by atoms with Gasteiger partial charge in [-0.2, -0.15) is 18.3 Å². The number of aromatic hydroxyl groups is 2. The topological polar surface area (TPSA) is 133 Å². The lowest BCUT2D eigenvalue weighted by Crippen LogP contribution is -2.36. The van der Waals surface area contributed by atoms with E-state index < -0.39 is 76.9 Å². The number of carbonyl (C=O) groups excluding carboxylic acids is 2. The van der Waals surface area contributed by atoms with Gasteiger partial charge in [0.15, 0.2) is 11.5 Å². The zero-order chi connectivity index (χ0) is 32.6. The van der Waals surface area contributed by atoms with Crippen LogP contribution >= 0.6 is 0 Å². The molecule has 45 heavy (non-hydrogen) atoms. The number of benzene rings is 4. The van der Waals surface area contributed by atoms with Crippen molar-refractivity contribution < 1.29 is 51.7 Å². The average Bonchev–Trinajstić information content (AvgIpc) is 3.41. The van der Waals surface area contributed by atoms with Crippen LogP contribution in [0.1, 0.15) is 42.3 Å². The second-order valence-corrected chi connectivity index (χ2v) is 9.83. The van der Waals surface area contributed by atoms with E-state index in [4.69, 9.17) is 0 Å². The maximum Gasteiger partial charge on any atom is 0.434 e. The SMILES string of the molecule is O=C(CN(Cc1cc(F)cc(F)c1)C(=O)c1cnn(-c2ccc(C(=O)O)c3ccccc23)c1C(F)(F)F)c1c(O)cccc1O. The third kappa shape index (κ3) is 6.02. The number of aromatic carboxylic acids is 1. The second-order valence-electron chi connectivity index (χ2n) is 9.83. The van der Waals surface area contributed by atoms with Crippen LogP contribution < -0.4 is 0 Å². The fourth-order valence-corrected chi connectivity index (χ4v) is 4.97. The summed E-state index contributed by atoms with van der Waals surface area (Å²) in [5.41, 5.74) is -3.86. The number of fused-ring (bicyclic) bond motifs is 1. The van der Waals surface area contributed by atoms with E-state index in [0.29, 0.717) is 21.8 Å². The van der Waals surface area contributed by atoms with Crippen molar-refractivity contribution >= 4 is 28.4 Å². The highest BCUT2D eigenvalue weighted by Gasteiger charge is 2.42. The fraction of sp³-hybridized carbons (Fsp3) is 0.0968. The van der Waals surface area contributed by atoms with E-state index in [0.717, 1.165) is 36.4 Å². The van der Waals surface area contributed by atoms with Crippen LogP contribution in [0.5, 0.6) is 11.5 Å². The number of amides is 1. The molecule has 5 aromatic rings. The first-order valence-electron chi connectivity index (χ1n) is 12.9. The van der Waals surface area contributed by atoms with Crippen molar-refractivity contribution in [1.82, 2.24) is 14.7 Å². The van der Waals surface area contributed by atoms with Gasteiger partial charge >= 0.3 is 12.1 Å². The molecule has 230 valence electrons. The van der Waals surface area contributed by atoms with E-state index in [-0.39, 0.29) is 27.6 Å². The van der Waals surface area contributed by atoms with Crippen LogP contribution in [0.3, 0.4) is 0 Å². The maximum atomic E-state index is 14.7. The summed E-state index contributed by atoms with van der Waals surface area (Å²) in [5.74, 6) is -7.30. The Hall–Kier alpha value is -5.79. The Balaban J connectivity index is 1.65. The summed E-state index contributed by atoms with van der Waals surface area (Å²) in [6, 6.07) is 13.4. The van der Waals surface area contributed by atoms with E-state index >= 15 is 0 Å². The summed E-state index contributed by atoms with van der Waals surface area (Å²) in [4.78, 5) is 39.2. The molecule has 0 aliphatic heterocycles. The van der Waals surface area contributed by atoms with Crippen LogP contribution in [0, 0.1) is 11.6 Å². The first-order chi connectivity index (χ1) is 21.3. The summed E-state index contributed by atoms with van der Waals surface area (Å²) in [6.45, 7) is -1.78. The summed E-state index contributed by atoms with van der Waals surface area (Å²) in [5, 5.41) is 33.8. The maximum absolute atomic E-state index is 14.7. The molecule has 0 spiro atoms. The van der Waals surface area contributed by atoms with Gasteiger partial charge in [-0.3, -0.25) is 9.59 Å². The number of carbonyl (C=O) groups is 3. The van der Waals surface area contributed by atoms with E-state index in [1.165, 1.54) is 30.3 Å². The predicted molar refractivity (Wildman–Crippen MR) is 148 cm³/mol. The molecule has 0 unspecified atom stereocenters. The van der Waals surface area contributed by atoms with Crippen molar-refractivity contribution in [3.63, 3.8) is 0 Å². The lowest BCUT2D eigenvalue weighted by atomic mass is 10.0. The molecule has 1 amide bonds. The van der Waals surface area contributed by atoms with Gasteiger partial charge in [0.2, 0.25) is 0 Å². The van der Waals surface area contributed by atoms with Crippen LogP contribution in [0.15, 0.2) is 79.0 Å². The van der Waals surface area contributed by atoms with Crippen LogP contribution in [0.25, 0.3) is 16.5 Å². The minimum atomic E-state index is -5.23. The molecule has 0 radical (unpaired) electrons. The highest BCUT2D eigenvalue weighted by molar-refractivity contribution is 6.07. The molecule has 1 heterocycles. The van der Waals surface area contributed by atoms with Gasteiger partial charge in [-0.1, -0.05) is 30.3 Å². The Labute approximate surface area is 250 Å². The quantitative estimate of drug-likeness (QED) is 0.143. The van der Waals surface area contributed by atoms with Crippen molar-refractivity contribution in [2.45, 2.75) is 12.7 Å². The van der Waals surface area contributed by atoms with Gasteiger partial charge in [0.25, 0.3) is 5.91 Å². The number of carboxylic acid groups (broad SMARTS) is 1. The average molecular weight is 626 g/mol. The van der Waals surface area contributed by atoms with Crippen LogP contribution in [-0.4, -0.2) is 54.2 Å². The second kappa shape index (κ2) is 11.7. The van der Waals surface area contributed by atoms with Crippen molar-refractivity contribution in [1.29, 1.82) is 0 Å². The van der Waals surface area contributed by atoms with Gasteiger partial charge < -0.3 is 20.2 Å². The molecule has 0 saturated carbocycles. The number of halogens is 5. The highest BCUT2D eigenvalue weighted by Crippen LogP contribution is 2.37. The van der Waals surface area contributed by atoms with Crippen molar-refractivity contribution in [3.05, 3.63) is 119 Å². The van der Waals surface area contributed by atoms with Crippen LogP contribution in [-0.2, 0) is 12.7 Å². The van der Waals surface area contributed by atoms with Crippen molar-refractivity contribution in [2.75, 3.05) is 6.54 Å². The number of carboxylic acids is 1. The Morgan fingerprint density at radius 2 is 1.44 bits per heavy atom. The number of hydrogen-bond donors (Lipinski definition) is 3. The number of ketones is 1. The Bertz CT molecular complexity index is 1950. The largest absolute Gasteiger partial charge is 0.507 e. The number of hydrogen-bond acceptors (Lipinski definition) is 6. The van der Waals surface area contributed by atoms with E-state index in [2.05, 4.69) is 5.10 Å². The van der Waals surface area contributed by atoms with Crippen LogP contribution in [0.2, 0.25) is 0 Å². The predicted octanol–water partition coefficient (Wildman–Crippen LogP) is 5.96. The molecule has 0 aliphatic rings. The van der Waals surface area contributed by atoms with Crippen molar-refractivity contribution in [3.8, 4) is 17.2 Å². The molecule has 14 heteroatoms. The van der Waals surface area contributed by atoms with Gasteiger partial charge in [-0.05, 0) is 47.3 Å². The molecule has 4 aromatic carbocycles. The summed E-state index contributed by atoms with van der Waals surface area (Å²) >= 11 is 0. The van der Waals surface area contributed by atoms with Gasteiger partial charge in [-0.15, -0.1) is 0 Å². The smallest absolute Gasteiger partial charge is 0.434 e. The normalized spacial score (nSPS) is 11.5. The van der Waals surface area contributed by atoms with Gasteiger partial charge in [0.05, 0.1) is 29.6 Å².